The summed E-state index contributed by atoms with van der Waals surface area (Å²) in [7, 11) is 3.24. The molecule has 4 rings (SSSR count). The van der Waals surface area contributed by atoms with Gasteiger partial charge in [-0.2, -0.15) is 18.3 Å². The van der Waals surface area contributed by atoms with E-state index in [2.05, 4.69) is 25.8 Å². The van der Waals surface area contributed by atoms with Crippen LogP contribution >= 0.6 is 0 Å². The Morgan fingerprint density at radius 2 is 1.65 bits per heavy atom. The highest BCUT2D eigenvalue weighted by molar-refractivity contribution is 6.11. The molecule has 0 aliphatic heterocycles. The van der Waals surface area contributed by atoms with Gasteiger partial charge in [-0.3, -0.25) is 14.9 Å². The fraction of sp³-hybridized carbons (Fsp3) is 0.130. The number of carbonyl (C=O) groups excluding carboxylic acids is 2. The number of anilines is 2. The van der Waals surface area contributed by atoms with Crippen molar-refractivity contribution in [1.29, 1.82) is 0 Å². The minimum absolute atomic E-state index is 0.0850. The third-order valence-electron chi connectivity index (χ3n) is 4.98. The Bertz CT molecular complexity index is 1360. The maximum atomic E-state index is 12.8. The first-order chi connectivity index (χ1) is 16.1. The molecular formula is C23H19F3N6O2. The Kier molecular flexibility index (Phi) is 5.93. The number of benzene rings is 2. The summed E-state index contributed by atoms with van der Waals surface area (Å²) in [4.78, 5) is 30.2. The standard InChI is InChI=1S/C23H19F3N6O2/c1-32(2)22(34)29-17-9-14(11-27-12-17)13-3-8-19-18(10-13)20(31-30-19)21(33)28-16-6-4-15(5-7-16)23(24,25)26/h3-12H,1-2H3,(H,28,33)(H,29,34)(H,30,31). The van der Waals surface area contributed by atoms with Gasteiger partial charge in [-0.15, -0.1) is 0 Å². The lowest BCUT2D eigenvalue weighted by molar-refractivity contribution is -0.137. The van der Waals surface area contributed by atoms with Gasteiger partial charge in [0.25, 0.3) is 5.91 Å². The van der Waals surface area contributed by atoms with E-state index in [-0.39, 0.29) is 17.4 Å². The number of pyridine rings is 1. The number of H-pyrrole nitrogens is 1. The molecule has 2 heterocycles. The molecule has 0 atom stereocenters. The van der Waals surface area contributed by atoms with Crippen molar-refractivity contribution in [1.82, 2.24) is 20.1 Å². The summed E-state index contributed by atoms with van der Waals surface area (Å²) in [5.74, 6) is -0.576. The first kappa shape index (κ1) is 22.8. The van der Waals surface area contributed by atoms with Gasteiger partial charge in [-0.05, 0) is 48.0 Å². The topological polar surface area (TPSA) is 103 Å². The maximum Gasteiger partial charge on any atom is 0.416 e. The molecule has 11 heteroatoms. The molecule has 174 valence electrons. The molecule has 0 spiro atoms. The first-order valence-electron chi connectivity index (χ1n) is 10.0. The fourth-order valence-corrected chi connectivity index (χ4v) is 3.20. The molecule has 8 nitrogen and oxygen atoms in total. The van der Waals surface area contributed by atoms with E-state index in [1.54, 1.807) is 38.5 Å². The Hall–Kier alpha value is -4.41. The van der Waals surface area contributed by atoms with Crippen LogP contribution in [0.5, 0.6) is 0 Å². The third-order valence-corrected chi connectivity index (χ3v) is 4.98. The lowest BCUT2D eigenvalue weighted by Crippen LogP contribution is -2.27. The number of halogens is 3. The van der Waals surface area contributed by atoms with Crippen molar-refractivity contribution < 1.29 is 22.8 Å². The van der Waals surface area contributed by atoms with Gasteiger partial charge in [0.15, 0.2) is 5.69 Å². The van der Waals surface area contributed by atoms with Crippen LogP contribution < -0.4 is 10.6 Å². The van der Waals surface area contributed by atoms with Crippen LogP contribution in [-0.2, 0) is 6.18 Å². The molecule has 3 N–H and O–H groups in total. The van der Waals surface area contributed by atoms with Crippen molar-refractivity contribution in [3.8, 4) is 11.1 Å². The van der Waals surface area contributed by atoms with E-state index >= 15 is 0 Å². The van der Waals surface area contributed by atoms with Crippen molar-refractivity contribution >= 4 is 34.2 Å². The number of aromatic nitrogens is 3. The number of amides is 3. The molecule has 0 fully saturated rings. The summed E-state index contributed by atoms with van der Waals surface area (Å²) in [6.07, 6.45) is -1.32. The predicted octanol–water partition coefficient (Wildman–Crippen LogP) is 4.99. The zero-order chi connectivity index (χ0) is 24.5. The molecule has 0 radical (unpaired) electrons. The van der Waals surface area contributed by atoms with Gasteiger partial charge in [0.05, 0.1) is 23.0 Å². The lowest BCUT2D eigenvalue weighted by atomic mass is 10.0. The van der Waals surface area contributed by atoms with Crippen LogP contribution in [0.15, 0.2) is 60.9 Å². The predicted molar refractivity (Wildman–Crippen MR) is 121 cm³/mol. The highest BCUT2D eigenvalue weighted by Crippen LogP contribution is 2.30. The third kappa shape index (κ3) is 4.82. The van der Waals surface area contributed by atoms with Gasteiger partial charge in [0, 0.05) is 36.9 Å². The maximum absolute atomic E-state index is 12.8. The molecule has 34 heavy (non-hydrogen) atoms. The number of aromatic amines is 1. The van der Waals surface area contributed by atoms with Crippen molar-refractivity contribution in [2.24, 2.45) is 0 Å². The van der Waals surface area contributed by atoms with E-state index in [4.69, 9.17) is 0 Å². The van der Waals surface area contributed by atoms with E-state index < -0.39 is 17.6 Å². The van der Waals surface area contributed by atoms with Crippen molar-refractivity contribution in [2.45, 2.75) is 6.18 Å². The molecule has 2 aromatic heterocycles. The molecule has 0 unspecified atom stereocenters. The molecule has 0 saturated heterocycles. The summed E-state index contributed by atoms with van der Waals surface area (Å²) in [5.41, 5.74) is 2.02. The van der Waals surface area contributed by atoms with Crippen molar-refractivity contribution in [2.75, 3.05) is 24.7 Å². The summed E-state index contributed by atoms with van der Waals surface area (Å²) in [5, 5.41) is 12.6. The van der Waals surface area contributed by atoms with Gasteiger partial charge in [-0.25, -0.2) is 4.79 Å². The van der Waals surface area contributed by atoms with Crippen molar-refractivity contribution in [3.63, 3.8) is 0 Å². The zero-order valence-corrected chi connectivity index (χ0v) is 18.1. The molecule has 3 amide bonds. The number of nitrogens with one attached hydrogen (secondary N) is 3. The number of hydrogen-bond acceptors (Lipinski definition) is 4. The average Bonchev–Trinajstić information content (AvgIpc) is 3.22. The Morgan fingerprint density at radius 1 is 0.912 bits per heavy atom. The highest BCUT2D eigenvalue weighted by Gasteiger charge is 2.30. The lowest BCUT2D eigenvalue weighted by Gasteiger charge is -2.12. The molecule has 0 aliphatic rings. The second kappa shape index (κ2) is 8.85. The van der Waals surface area contributed by atoms with E-state index in [1.165, 1.54) is 23.2 Å². The number of alkyl halides is 3. The van der Waals surface area contributed by atoms with Crippen LogP contribution in [0, 0.1) is 0 Å². The van der Waals surface area contributed by atoms with E-state index in [0.717, 1.165) is 17.7 Å². The van der Waals surface area contributed by atoms with Crippen LogP contribution in [0.1, 0.15) is 16.1 Å². The van der Waals surface area contributed by atoms with Crippen LogP contribution in [0.3, 0.4) is 0 Å². The van der Waals surface area contributed by atoms with Gasteiger partial charge in [0.2, 0.25) is 0 Å². The average molecular weight is 468 g/mol. The van der Waals surface area contributed by atoms with Gasteiger partial charge in [-0.1, -0.05) is 6.07 Å². The molecule has 0 saturated carbocycles. The smallest absolute Gasteiger partial charge is 0.331 e. The molecule has 0 aliphatic carbocycles. The molecular weight excluding hydrogens is 449 g/mol. The van der Waals surface area contributed by atoms with Gasteiger partial charge < -0.3 is 15.5 Å². The van der Waals surface area contributed by atoms with E-state index in [9.17, 15) is 22.8 Å². The number of rotatable bonds is 4. The second-order valence-corrected chi connectivity index (χ2v) is 7.65. The Labute approximate surface area is 191 Å². The van der Waals surface area contributed by atoms with Crippen LogP contribution in [-0.4, -0.2) is 46.1 Å². The van der Waals surface area contributed by atoms with E-state index in [0.29, 0.717) is 22.2 Å². The van der Waals surface area contributed by atoms with E-state index in [1.807, 2.05) is 6.07 Å². The monoisotopic (exact) mass is 468 g/mol. The number of fused-ring (bicyclic) bond motifs is 1. The Morgan fingerprint density at radius 3 is 2.32 bits per heavy atom. The number of urea groups is 1. The number of nitrogens with zero attached hydrogens (tertiary/aromatic N) is 3. The second-order valence-electron chi connectivity index (χ2n) is 7.65. The SMILES string of the molecule is CN(C)C(=O)Nc1cncc(-c2ccc3[nH]nc(C(=O)Nc4ccc(C(F)(F)F)cc4)c3c2)c1. The first-order valence-corrected chi connectivity index (χ1v) is 10.0. The van der Waals surface area contributed by atoms with Crippen LogP contribution in [0.2, 0.25) is 0 Å². The summed E-state index contributed by atoms with van der Waals surface area (Å²) >= 11 is 0. The quantitative estimate of drug-likeness (QED) is 0.393. The summed E-state index contributed by atoms with van der Waals surface area (Å²) in [6, 6.07) is 10.9. The number of carbonyl (C=O) groups is 2. The molecule has 2 aromatic carbocycles. The summed E-state index contributed by atoms with van der Waals surface area (Å²) in [6.45, 7) is 0. The normalized spacial score (nSPS) is 11.3. The summed E-state index contributed by atoms with van der Waals surface area (Å²) < 4.78 is 38.3. The number of hydrogen-bond donors (Lipinski definition) is 3. The Balaban J connectivity index is 1.59. The highest BCUT2D eigenvalue weighted by atomic mass is 19.4. The van der Waals surface area contributed by atoms with Gasteiger partial charge >= 0.3 is 12.2 Å². The molecule has 4 aromatic rings. The minimum Gasteiger partial charge on any atom is -0.331 e. The zero-order valence-electron chi connectivity index (χ0n) is 18.1. The van der Waals surface area contributed by atoms with Crippen molar-refractivity contribution in [3.05, 3.63) is 72.2 Å². The van der Waals surface area contributed by atoms with Crippen LogP contribution in [0.4, 0.5) is 29.3 Å². The van der Waals surface area contributed by atoms with Crippen LogP contribution in [0.25, 0.3) is 22.0 Å². The minimum atomic E-state index is -4.46. The van der Waals surface area contributed by atoms with Gasteiger partial charge in [0.1, 0.15) is 0 Å². The fourth-order valence-electron chi connectivity index (χ4n) is 3.20. The molecule has 0 bridgehead atoms. The largest absolute Gasteiger partial charge is 0.416 e.